The van der Waals surface area contributed by atoms with Gasteiger partial charge in [0.2, 0.25) is 5.76 Å². The smallest absolute Gasteiger partial charge is 0.375 e. The Hall–Kier alpha value is -2.86. The SMILES string of the molecule is COCCCNC(=O)COC(=O)c1oc2c(ccc3ccccc32)c1C. The van der Waals surface area contributed by atoms with Crippen LogP contribution in [0.4, 0.5) is 0 Å². The second kappa shape index (κ2) is 8.01. The molecule has 2 aromatic carbocycles. The van der Waals surface area contributed by atoms with Gasteiger partial charge in [0.1, 0.15) is 5.58 Å². The fourth-order valence-corrected chi connectivity index (χ4v) is 2.84. The number of nitrogens with one attached hydrogen (secondary N) is 1. The maximum Gasteiger partial charge on any atom is 0.375 e. The lowest BCUT2D eigenvalue weighted by Gasteiger charge is -2.05. The van der Waals surface area contributed by atoms with Crippen LogP contribution in [0, 0.1) is 6.92 Å². The van der Waals surface area contributed by atoms with Gasteiger partial charge in [-0.3, -0.25) is 4.79 Å². The molecule has 1 heterocycles. The number of hydrogen-bond donors (Lipinski definition) is 1. The van der Waals surface area contributed by atoms with E-state index >= 15 is 0 Å². The van der Waals surface area contributed by atoms with E-state index in [1.54, 1.807) is 7.11 Å². The van der Waals surface area contributed by atoms with Gasteiger partial charge >= 0.3 is 5.97 Å². The second-order valence-electron chi connectivity index (χ2n) is 5.99. The fraction of sp³-hybridized carbons (Fsp3) is 0.300. The van der Waals surface area contributed by atoms with Gasteiger partial charge in [-0.25, -0.2) is 4.79 Å². The summed E-state index contributed by atoms with van der Waals surface area (Å²) in [5.41, 5.74) is 1.35. The topological polar surface area (TPSA) is 77.8 Å². The van der Waals surface area contributed by atoms with Crippen molar-refractivity contribution in [2.75, 3.05) is 26.9 Å². The molecule has 6 heteroatoms. The van der Waals surface area contributed by atoms with Gasteiger partial charge in [0, 0.05) is 36.6 Å². The molecule has 0 saturated heterocycles. The number of furan rings is 1. The Balaban J connectivity index is 1.71. The summed E-state index contributed by atoms with van der Waals surface area (Å²) in [6.07, 6.45) is 0.700. The molecule has 1 N–H and O–H groups in total. The third kappa shape index (κ3) is 3.70. The Morgan fingerprint density at radius 3 is 2.73 bits per heavy atom. The number of amides is 1. The van der Waals surface area contributed by atoms with E-state index in [1.807, 2.05) is 43.3 Å². The van der Waals surface area contributed by atoms with Gasteiger partial charge in [-0.15, -0.1) is 0 Å². The van der Waals surface area contributed by atoms with Gasteiger partial charge < -0.3 is 19.2 Å². The highest BCUT2D eigenvalue weighted by atomic mass is 16.5. The first-order valence-electron chi connectivity index (χ1n) is 8.45. The Morgan fingerprint density at radius 1 is 1.12 bits per heavy atom. The third-order valence-electron chi connectivity index (χ3n) is 4.20. The molecule has 0 spiro atoms. The highest BCUT2D eigenvalue weighted by molar-refractivity contribution is 6.08. The number of ether oxygens (including phenoxy) is 2. The number of benzene rings is 2. The molecule has 26 heavy (non-hydrogen) atoms. The molecule has 1 aromatic heterocycles. The summed E-state index contributed by atoms with van der Waals surface area (Å²) in [5.74, 6) is -0.868. The quantitative estimate of drug-likeness (QED) is 0.520. The van der Waals surface area contributed by atoms with Crippen LogP contribution in [0.15, 0.2) is 40.8 Å². The summed E-state index contributed by atoms with van der Waals surface area (Å²) in [4.78, 5) is 24.1. The van der Waals surface area contributed by atoms with Crippen LogP contribution in [0.1, 0.15) is 22.5 Å². The average Bonchev–Trinajstić information content (AvgIpc) is 3.00. The van der Waals surface area contributed by atoms with Gasteiger partial charge in [-0.05, 0) is 18.7 Å². The maximum atomic E-state index is 12.3. The van der Waals surface area contributed by atoms with Crippen molar-refractivity contribution in [3.05, 3.63) is 47.7 Å². The van der Waals surface area contributed by atoms with Crippen LogP contribution >= 0.6 is 0 Å². The lowest BCUT2D eigenvalue weighted by atomic mass is 10.1. The Labute approximate surface area is 151 Å². The molecule has 0 aliphatic carbocycles. The van der Waals surface area contributed by atoms with E-state index in [2.05, 4.69) is 5.32 Å². The first-order valence-corrected chi connectivity index (χ1v) is 8.45. The molecule has 0 fully saturated rings. The number of esters is 1. The zero-order chi connectivity index (χ0) is 18.5. The predicted molar refractivity (Wildman–Crippen MR) is 98.2 cm³/mol. The number of methoxy groups -OCH3 is 1. The summed E-state index contributed by atoms with van der Waals surface area (Å²) < 4.78 is 15.8. The summed E-state index contributed by atoms with van der Waals surface area (Å²) in [6, 6.07) is 11.7. The van der Waals surface area contributed by atoms with Crippen LogP contribution in [0.5, 0.6) is 0 Å². The number of carbonyl (C=O) groups is 2. The van der Waals surface area contributed by atoms with Gasteiger partial charge in [0.05, 0.1) is 0 Å². The molecular formula is C20H21NO5. The summed E-state index contributed by atoms with van der Waals surface area (Å²) in [6.45, 7) is 2.50. The lowest BCUT2D eigenvalue weighted by Crippen LogP contribution is -2.30. The van der Waals surface area contributed by atoms with E-state index in [-0.39, 0.29) is 18.3 Å². The molecule has 0 aliphatic heterocycles. The fourth-order valence-electron chi connectivity index (χ4n) is 2.84. The van der Waals surface area contributed by atoms with E-state index in [0.29, 0.717) is 30.7 Å². The third-order valence-corrected chi connectivity index (χ3v) is 4.20. The minimum Gasteiger partial charge on any atom is -0.450 e. The van der Waals surface area contributed by atoms with Crippen LogP contribution < -0.4 is 5.32 Å². The Morgan fingerprint density at radius 2 is 1.92 bits per heavy atom. The van der Waals surface area contributed by atoms with Crippen LogP contribution in [0.3, 0.4) is 0 Å². The van der Waals surface area contributed by atoms with Crippen molar-refractivity contribution in [2.24, 2.45) is 0 Å². The Kier molecular flexibility index (Phi) is 5.53. The maximum absolute atomic E-state index is 12.3. The van der Waals surface area contributed by atoms with E-state index < -0.39 is 5.97 Å². The lowest BCUT2D eigenvalue weighted by molar-refractivity contribution is -0.124. The minimum absolute atomic E-state index is 0.128. The zero-order valence-electron chi connectivity index (χ0n) is 14.8. The summed E-state index contributed by atoms with van der Waals surface area (Å²) >= 11 is 0. The number of carbonyl (C=O) groups excluding carboxylic acids is 2. The van der Waals surface area contributed by atoms with E-state index in [4.69, 9.17) is 13.9 Å². The number of rotatable bonds is 7. The molecule has 0 aliphatic rings. The molecule has 0 saturated carbocycles. The second-order valence-corrected chi connectivity index (χ2v) is 5.99. The molecule has 3 aromatic rings. The van der Waals surface area contributed by atoms with Crippen molar-refractivity contribution in [1.29, 1.82) is 0 Å². The van der Waals surface area contributed by atoms with Gasteiger partial charge in [0.15, 0.2) is 6.61 Å². The average molecular weight is 355 g/mol. The van der Waals surface area contributed by atoms with Crippen molar-refractivity contribution in [3.8, 4) is 0 Å². The number of aryl methyl sites for hydroxylation is 1. The van der Waals surface area contributed by atoms with Crippen molar-refractivity contribution >= 4 is 33.6 Å². The van der Waals surface area contributed by atoms with E-state index in [9.17, 15) is 9.59 Å². The van der Waals surface area contributed by atoms with E-state index in [0.717, 1.165) is 16.2 Å². The first kappa shape index (κ1) is 17.9. The summed E-state index contributed by atoms with van der Waals surface area (Å²) in [7, 11) is 1.60. The van der Waals surface area contributed by atoms with Gasteiger partial charge in [-0.1, -0.05) is 36.4 Å². The number of fused-ring (bicyclic) bond motifs is 3. The monoisotopic (exact) mass is 355 g/mol. The molecule has 0 bridgehead atoms. The molecular weight excluding hydrogens is 334 g/mol. The van der Waals surface area contributed by atoms with Crippen LogP contribution in [0.2, 0.25) is 0 Å². The van der Waals surface area contributed by atoms with E-state index in [1.165, 1.54) is 0 Å². The first-order chi connectivity index (χ1) is 12.6. The molecule has 0 radical (unpaired) electrons. The molecule has 0 unspecified atom stereocenters. The van der Waals surface area contributed by atoms with Gasteiger partial charge in [-0.2, -0.15) is 0 Å². The van der Waals surface area contributed by atoms with Crippen LogP contribution in [-0.2, 0) is 14.3 Å². The number of hydrogen-bond acceptors (Lipinski definition) is 5. The summed E-state index contributed by atoms with van der Waals surface area (Å²) in [5, 5.41) is 5.49. The predicted octanol–water partition coefficient (Wildman–Crippen LogP) is 3.20. The molecule has 136 valence electrons. The van der Waals surface area contributed by atoms with Crippen LogP contribution in [0.25, 0.3) is 21.7 Å². The van der Waals surface area contributed by atoms with Crippen molar-refractivity contribution in [1.82, 2.24) is 5.32 Å². The van der Waals surface area contributed by atoms with Crippen molar-refractivity contribution in [2.45, 2.75) is 13.3 Å². The molecule has 0 atom stereocenters. The van der Waals surface area contributed by atoms with Gasteiger partial charge in [0.25, 0.3) is 5.91 Å². The highest BCUT2D eigenvalue weighted by Crippen LogP contribution is 2.31. The normalized spacial score (nSPS) is 11.0. The van der Waals surface area contributed by atoms with Crippen molar-refractivity contribution < 1.29 is 23.5 Å². The Bertz CT molecular complexity index is 944. The molecule has 3 rings (SSSR count). The molecule has 1 amide bonds. The highest BCUT2D eigenvalue weighted by Gasteiger charge is 2.21. The zero-order valence-corrected chi connectivity index (χ0v) is 14.8. The van der Waals surface area contributed by atoms with Crippen LogP contribution in [-0.4, -0.2) is 38.7 Å². The molecule has 6 nitrogen and oxygen atoms in total. The van der Waals surface area contributed by atoms with Crippen molar-refractivity contribution in [3.63, 3.8) is 0 Å². The standard InChI is InChI=1S/C20H21NO5/c1-13-15-9-8-14-6-3-4-7-16(14)19(15)26-18(13)20(23)25-12-17(22)21-10-5-11-24-2/h3-4,6-9H,5,10-12H2,1-2H3,(H,21,22). The largest absolute Gasteiger partial charge is 0.450 e. The minimum atomic E-state index is -0.644.